The van der Waals surface area contributed by atoms with Crippen molar-refractivity contribution in [3.8, 4) is 24.0 Å². The number of hydrogen-bond donors (Lipinski definition) is 1. The molecule has 2 aromatic rings. The first-order valence-electron chi connectivity index (χ1n) is 8.41. The predicted octanol–water partition coefficient (Wildman–Crippen LogP) is 3.50. The molecule has 0 amide bonds. The maximum atomic E-state index is 9.23. The van der Waals surface area contributed by atoms with E-state index in [4.69, 9.17) is 21.0 Å². The van der Waals surface area contributed by atoms with Crippen LogP contribution in [-0.2, 0) is 0 Å². The zero-order valence-corrected chi connectivity index (χ0v) is 15.0. The van der Waals surface area contributed by atoms with Crippen LogP contribution in [0.2, 0.25) is 0 Å². The molecule has 2 aromatic carbocycles. The maximum Gasteiger partial charge on any atom is 0.148 e. The van der Waals surface area contributed by atoms with Crippen molar-refractivity contribution in [3.63, 3.8) is 0 Å². The third kappa shape index (κ3) is 5.01. The number of benzene rings is 2. The summed E-state index contributed by atoms with van der Waals surface area (Å²) in [6, 6.07) is 19.9. The molecule has 6 heteroatoms. The Morgan fingerprint density at radius 1 is 0.963 bits per heavy atom. The van der Waals surface area contributed by atoms with E-state index in [-0.39, 0.29) is 11.1 Å². The molecule has 6 nitrogen and oxygen atoms in total. The van der Waals surface area contributed by atoms with Crippen LogP contribution in [0.15, 0.2) is 54.1 Å². The van der Waals surface area contributed by atoms with Crippen molar-refractivity contribution in [2.45, 2.75) is 6.92 Å². The minimum Gasteiger partial charge on any atom is -0.492 e. The van der Waals surface area contributed by atoms with E-state index in [9.17, 15) is 5.26 Å². The summed E-state index contributed by atoms with van der Waals surface area (Å²) in [5, 5.41) is 27.2. The molecule has 0 aliphatic rings. The van der Waals surface area contributed by atoms with Gasteiger partial charge in [0.25, 0.3) is 0 Å². The van der Waals surface area contributed by atoms with Gasteiger partial charge in [0, 0.05) is 17.9 Å². The van der Waals surface area contributed by atoms with E-state index in [0.717, 1.165) is 18.0 Å². The van der Waals surface area contributed by atoms with Gasteiger partial charge in [-0.05, 0) is 48.9 Å². The monoisotopic (exact) mass is 357 g/mol. The molecule has 134 valence electrons. The Morgan fingerprint density at radius 2 is 1.59 bits per heavy atom. The van der Waals surface area contributed by atoms with Crippen molar-refractivity contribution in [1.29, 1.82) is 15.8 Å². The summed E-state index contributed by atoms with van der Waals surface area (Å²) >= 11 is 0. The number of nitrogens with two attached hydrogens (primary N) is 1. The summed E-state index contributed by atoms with van der Waals surface area (Å²) in [5.41, 5.74) is 7.77. The number of rotatable bonds is 7. The van der Waals surface area contributed by atoms with Crippen molar-refractivity contribution in [1.82, 2.24) is 0 Å². The zero-order chi connectivity index (χ0) is 19.6. The molecule has 0 saturated carbocycles. The molecule has 2 N–H and O–H groups in total. The van der Waals surface area contributed by atoms with Gasteiger partial charge in [0.15, 0.2) is 0 Å². The minimum absolute atomic E-state index is 0.0845. The number of nitriles is 3. The van der Waals surface area contributed by atoms with Crippen LogP contribution in [0.1, 0.15) is 12.5 Å². The second-order valence-electron chi connectivity index (χ2n) is 5.63. The second kappa shape index (κ2) is 9.51. The third-order valence-electron chi connectivity index (χ3n) is 4.00. The van der Waals surface area contributed by atoms with Crippen LogP contribution < -0.4 is 15.4 Å². The summed E-state index contributed by atoms with van der Waals surface area (Å²) in [6.45, 7) is 4.02. The Labute approximate surface area is 158 Å². The zero-order valence-electron chi connectivity index (χ0n) is 15.0. The van der Waals surface area contributed by atoms with Crippen molar-refractivity contribution >= 4 is 16.9 Å². The molecule has 2 rings (SSSR count). The lowest BCUT2D eigenvalue weighted by Gasteiger charge is -2.23. The minimum atomic E-state index is -0.186. The number of allylic oxidation sites excluding steroid dienone is 2. The topological polar surface area (TPSA) is 110 Å². The van der Waals surface area contributed by atoms with Crippen LogP contribution in [0.5, 0.6) is 5.75 Å². The van der Waals surface area contributed by atoms with E-state index in [1.807, 2.05) is 37.3 Å². The average molecular weight is 357 g/mol. The van der Waals surface area contributed by atoms with E-state index < -0.39 is 0 Å². The number of anilines is 2. The lowest BCUT2D eigenvalue weighted by atomic mass is 10.0. The molecule has 0 aliphatic carbocycles. The molecule has 0 atom stereocenters. The van der Waals surface area contributed by atoms with Gasteiger partial charge in [-0.15, -0.1) is 0 Å². The molecule has 27 heavy (non-hydrogen) atoms. The smallest absolute Gasteiger partial charge is 0.148 e. The van der Waals surface area contributed by atoms with E-state index in [2.05, 4.69) is 4.90 Å². The number of ether oxygens (including phenoxy) is 1. The maximum absolute atomic E-state index is 9.23. The van der Waals surface area contributed by atoms with Gasteiger partial charge in [-0.1, -0.05) is 12.1 Å². The molecule has 0 aromatic heterocycles. The Morgan fingerprint density at radius 3 is 2.11 bits per heavy atom. The number of nitrogen functional groups attached to an aromatic ring is 1. The van der Waals surface area contributed by atoms with Gasteiger partial charge < -0.3 is 15.4 Å². The van der Waals surface area contributed by atoms with Crippen molar-refractivity contribution < 1.29 is 4.74 Å². The van der Waals surface area contributed by atoms with Gasteiger partial charge >= 0.3 is 0 Å². The molecular weight excluding hydrogens is 338 g/mol. The van der Waals surface area contributed by atoms with Crippen LogP contribution in [0, 0.1) is 34.0 Å². The van der Waals surface area contributed by atoms with Crippen LogP contribution in [-0.4, -0.2) is 19.7 Å². The van der Waals surface area contributed by atoms with Gasteiger partial charge in [0.2, 0.25) is 0 Å². The summed E-state index contributed by atoms with van der Waals surface area (Å²) < 4.78 is 5.73. The molecular formula is C21H19N5O. The van der Waals surface area contributed by atoms with Crippen LogP contribution in [0.4, 0.5) is 11.4 Å². The second-order valence-corrected chi connectivity index (χ2v) is 5.63. The highest BCUT2D eigenvalue weighted by Gasteiger charge is 2.10. The highest BCUT2D eigenvalue weighted by Crippen LogP contribution is 2.22. The predicted molar refractivity (Wildman–Crippen MR) is 104 cm³/mol. The normalized spacial score (nSPS) is 9.41. The summed E-state index contributed by atoms with van der Waals surface area (Å²) in [7, 11) is 0. The Bertz CT molecular complexity index is 909. The van der Waals surface area contributed by atoms with Gasteiger partial charge in [-0.2, -0.15) is 15.8 Å². The summed E-state index contributed by atoms with van der Waals surface area (Å²) in [4.78, 5) is 2.13. The fraction of sp³-hybridized carbons (Fsp3) is 0.190. The molecule has 0 heterocycles. The Hall–Kier alpha value is -3.95. The van der Waals surface area contributed by atoms with Gasteiger partial charge in [0.05, 0.1) is 12.1 Å². The highest BCUT2D eigenvalue weighted by atomic mass is 16.5. The Kier molecular flexibility index (Phi) is 6.83. The summed E-state index contributed by atoms with van der Waals surface area (Å²) in [5.74, 6) is 0.764. The van der Waals surface area contributed by atoms with Gasteiger partial charge in [0.1, 0.15) is 36.1 Å². The average Bonchev–Trinajstić information content (AvgIpc) is 2.71. The lowest BCUT2D eigenvalue weighted by Crippen LogP contribution is -2.28. The third-order valence-corrected chi connectivity index (χ3v) is 4.00. The first-order chi connectivity index (χ1) is 13.1. The number of hydrogen-bond acceptors (Lipinski definition) is 6. The highest BCUT2D eigenvalue weighted by molar-refractivity contribution is 5.84. The van der Waals surface area contributed by atoms with Crippen LogP contribution in [0.25, 0.3) is 5.57 Å². The first kappa shape index (κ1) is 19.4. The Balaban J connectivity index is 2.06. The van der Waals surface area contributed by atoms with E-state index in [0.29, 0.717) is 24.4 Å². The largest absolute Gasteiger partial charge is 0.492 e. The van der Waals surface area contributed by atoms with Gasteiger partial charge in [-0.3, -0.25) is 0 Å². The number of likely N-dealkylation sites (N-methyl/N-ethyl adjacent to an activating group) is 1. The van der Waals surface area contributed by atoms with E-state index >= 15 is 0 Å². The first-order valence-corrected chi connectivity index (χ1v) is 8.41. The molecule has 0 bridgehead atoms. The molecule has 0 fully saturated rings. The molecule has 0 radical (unpaired) electrons. The molecule has 0 unspecified atom stereocenters. The fourth-order valence-corrected chi connectivity index (χ4v) is 2.55. The van der Waals surface area contributed by atoms with Crippen molar-refractivity contribution in [2.24, 2.45) is 0 Å². The molecule has 0 spiro atoms. The molecule has 0 saturated heterocycles. The SMILES string of the molecule is CCN(CCOc1ccc(N)cc1)c1ccc(C(C#N)=C(C#N)C#N)cc1. The molecule has 0 aliphatic heterocycles. The fourth-order valence-electron chi connectivity index (χ4n) is 2.55. The lowest BCUT2D eigenvalue weighted by molar-refractivity contribution is 0.324. The van der Waals surface area contributed by atoms with Gasteiger partial charge in [-0.25, -0.2) is 0 Å². The van der Waals surface area contributed by atoms with E-state index in [1.54, 1.807) is 36.4 Å². The number of nitrogens with zero attached hydrogens (tertiary/aromatic N) is 4. The van der Waals surface area contributed by atoms with Crippen molar-refractivity contribution in [2.75, 3.05) is 30.3 Å². The van der Waals surface area contributed by atoms with Crippen molar-refractivity contribution in [3.05, 3.63) is 59.7 Å². The summed E-state index contributed by atoms with van der Waals surface area (Å²) in [6.07, 6.45) is 0. The van der Waals surface area contributed by atoms with E-state index in [1.165, 1.54) is 0 Å². The van der Waals surface area contributed by atoms with Crippen LogP contribution >= 0.6 is 0 Å². The quantitative estimate of drug-likeness (QED) is 0.600. The standard InChI is InChI=1S/C21H19N5O/c1-2-26(11-12-27-20-9-5-18(25)6-10-20)19-7-3-16(4-8-19)21(15-24)17(13-22)14-23/h3-10H,2,11-12,25H2,1H3. The van der Waals surface area contributed by atoms with Crippen LogP contribution in [0.3, 0.4) is 0 Å².